The lowest BCUT2D eigenvalue weighted by Crippen LogP contribution is -2.32. The summed E-state index contributed by atoms with van der Waals surface area (Å²) >= 11 is 0. The van der Waals surface area contributed by atoms with Crippen LogP contribution in [-0.4, -0.2) is 29.6 Å². The molecule has 0 amide bonds. The fraction of sp³-hybridized carbons (Fsp3) is 0.818. The lowest BCUT2D eigenvalue weighted by molar-refractivity contribution is -0.159. The van der Waals surface area contributed by atoms with E-state index in [4.69, 9.17) is 9.47 Å². The maximum atomic E-state index is 12.2. The van der Waals surface area contributed by atoms with E-state index in [1.807, 2.05) is 26.8 Å². The minimum Gasteiger partial charge on any atom is -0.460 e. The van der Waals surface area contributed by atoms with Crippen LogP contribution in [0.3, 0.4) is 0 Å². The molecule has 0 radical (unpaired) electrons. The summed E-state index contributed by atoms with van der Waals surface area (Å²) in [6.45, 7) is 9.88. The topological polar surface area (TPSA) is 52.6 Å². The zero-order valence-corrected chi connectivity index (χ0v) is 17.4. The number of ether oxygens (including phenoxy) is 2. The van der Waals surface area contributed by atoms with Gasteiger partial charge in [0.15, 0.2) is 5.78 Å². The normalized spacial score (nSPS) is 21.2. The first kappa shape index (κ1) is 22.9. The quantitative estimate of drug-likeness (QED) is 0.343. The average molecular weight is 367 g/mol. The number of unbranched alkanes of at least 4 members (excludes halogenated alkanes) is 4. The predicted octanol–water partition coefficient (Wildman–Crippen LogP) is 5.39. The van der Waals surface area contributed by atoms with Crippen molar-refractivity contribution in [2.75, 3.05) is 0 Å². The zero-order chi connectivity index (χ0) is 19.6. The van der Waals surface area contributed by atoms with E-state index in [-0.39, 0.29) is 36.3 Å². The molecule has 4 nitrogen and oxygen atoms in total. The van der Waals surface area contributed by atoms with E-state index < -0.39 is 5.60 Å². The first-order valence-corrected chi connectivity index (χ1v) is 10.4. The molecule has 0 aliphatic heterocycles. The molecular formula is C22H38O4. The molecule has 0 N–H and O–H groups in total. The van der Waals surface area contributed by atoms with E-state index in [9.17, 15) is 9.59 Å². The van der Waals surface area contributed by atoms with Gasteiger partial charge in [-0.3, -0.25) is 9.59 Å². The van der Waals surface area contributed by atoms with Gasteiger partial charge in [-0.2, -0.15) is 0 Å². The molecule has 26 heavy (non-hydrogen) atoms. The van der Waals surface area contributed by atoms with Gasteiger partial charge in [0.05, 0.1) is 24.5 Å². The Morgan fingerprint density at radius 2 is 1.81 bits per heavy atom. The van der Waals surface area contributed by atoms with Gasteiger partial charge in [-0.05, 0) is 39.7 Å². The first-order chi connectivity index (χ1) is 12.3. The molecule has 0 saturated carbocycles. The Hall–Kier alpha value is -1.16. The van der Waals surface area contributed by atoms with Gasteiger partial charge >= 0.3 is 5.97 Å². The van der Waals surface area contributed by atoms with Crippen LogP contribution in [0.4, 0.5) is 0 Å². The minimum absolute atomic E-state index is 0.0883. The maximum Gasteiger partial charge on any atom is 0.308 e. The molecule has 1 rings (SSSR count). The number of ketones is 1. The van der Waals surface area contributed by atoms with Crippen LogP contribution in [0.5, 0.6) is 0 Å². The first-order valence-electron chi connectivity index (χ1n) is 10.4. The molecule has 0 aromatic rings. The fourth-order valence-electron chi connectivity index (χ4n) is 3.36. The number of carbonyl (C=O) groups excluding carboxylic acids is 2. The van der Waals surface area contributed by atoms with Crippen LogP contribution >= 0.6 is 0 Å². The van der Waals surface area contributed by atoms with Crippen LogP contribution in [0.25, 0.3) is 0 Å². The molecule has 0 fully saturated rings. The maximum absolute atomic E-state index is 12.2. The molecule has 0 aromatic heterocycles. The smallest absolute Gasteiger partial charge is 0.308 e. The minimum atomic E-state index is -0.488. The highest BCUT2D eigenvalue weighted by Crippen LogP contribution is 2.27. The van der Waals surface area contributed by atoms with E-state index in [0.717, 1.165) is 25.7 Å². The molecule has 0 aromatic carbocycles. The Balaban J connectivity index is 2.54. The van der Waals surface area contributed by atoms with Crippen molar-refractivity contribution in [1.29, 1.82) is 0 Å². The summed E-state index contributed by atoms with van der Waals surface area (Å²) in [5, 5.41) is 0. The molecule has 3 unspecified atom stereocenters. The summed E-state index contributed by atoms with van der Waals surface area (Å²) < 4.78 is 11.6. The van der Waals surface area contributed by atoms with Crippen LogP contribution in [0.2, 0.25) is 0 Å². The summed E-state index contributed by atoms with van der Waals surface area (Å²) in [4.78, 5) is 24.3. The molecule has 0 bridgehead atoms. The highest BCUT2D eigenvalue weighted by atomic mass is 16.6. The van der Waals surface area contributed by atoms with Crippen LogP contribution in [-0.2, 0) is 19.1 Å². The molecule has 4 heteroatoms. The number of carbonyl (C=O) groups is 2. The number of rotatable bonds is 12. The summed E-state index contributed by atoms with van der Waals surface area (Å²) in [6.07, 6.45) is 11.9. The van der Waals surface area contributed by atoms with Gasteiger partial charge in [-0.25, -0.2) is 0 Å². The van der Waals surface area contributed by atoms with Crippen molar-refractivity contribution in [3.8, 4) is 0 Å². The summed E-state index contributed by atoms with van der Waals surface area (Å²) in [6, 6.07) is 0. The summed E-state index contributed by atoms with van der Waals surface area (Å²) in [5.74, 6) is -0.159. The summed E-state index contributed by atoms with van der Waals surface area (Å²) in [5.41, 5.74) is -0.488. The number of allylic oxidation sites excluding steroid dienone is 1. The van der Waals surface area contributed by atoms with Gasteiger partial charge in [0.25, 0.3) is 0 Å². The Kier molecular flexibility index (Phi) is 10.1. The van der Waals surface area contributed by atoms with Crippen LogP contribution in [0, 0.1) is 5.92 Å². The SMILES string of the molecule is CCCCCCCC1C(=O)C=CC1OC(CCC)CC(=O)OC(C)(C)C. The fourth-order valence-corrected chi connectivity index (χ4v) is 3.36. The standard InChI is InChI=1S/C22H38O4/c1-6-8-9-10-11-13-18-19(23)14-15-20(18)25-17(12-7-2)16-21(24)26-22(3,4)5/h14-15,17-18,20H,6-13,16H2,1-5H3. The second-order valence-electron chi connectivity index (χ2n) is 8.37. The highest BCUT2D eigenvalue weighted by molar-refractivity contribution is 5.95. The van der Waals surface area contributed by atoms with Crippen molar-refractivity contribution in [3.05, 3.63) is 12.2 Å². The molecule has 0 saturated heterocycles. The van der Waals surface area contributed by atoms with Crippen molar-refractivity contribution in [1.82, 2.24) is 0 Å². The molecular weight excluding hydrogens is 328 g/mol. The van der Waals surface area contributed by atoms with E-state index in [1.54, 1.807) is 6.08 Å². The van der Waals surface area contributed by atoms with E-state index in [0.29, 0.717) is 0 Å². The molecule has 1 aliphatic carbocycles. The number of hydrogen-bond acceptors (Lipinski definition) is 4. The van der Waals surface area contributed by atoms with Crippen LogP contribution in [0.15, 0.2) is 12.2 Å². The second-order valence-corrected chi connectivity index (χ2v) is 8.37. The third kappa shape index (κ3) is 8.98. The van der Waals surface area contributed by atoms with Gasteiger partial charge in [-0.1, -0.05) is 58.4 Å². The molecule has 150 valence electrons. The van der Waals surface area contributed by atoms with Gasteiger partial charge in [0.1, 0.15) is 5.60 Å². The Bertz CT molecular complexity index is 461. The number of esters is 1. The van der Waals surface area contributed by atoms with Crippen molar-refractivity contribution >= 4 is 11.8 Å². The van der Waals surface area contributed by atoms with Gasteiger partial charge in [0, 0.05) is 0 Å². The van der Waals surface area contributed by atoms with Crippen molar-refractivity contribution in [2.24, 2.45) is 5.92 Å². The Morgan fingerprint density at radius 1 is 1.12 bits per heavy atom. The highest BCUT2D eigenvalue weighted by Gasteiger charge is 2.33. The van der Waals surface area contributed by atoms with E-state index in [1.165, 1.54) is 25.7 Å². The molecule has 1 aliphatic rings. The molecule has 0 spiro atoms. The second kappa shape index (κ2) is 11.5. The third-order valence-electron chi connectivity index (χ3n) is 4.61. The predicted molar refractivity (Wildman–Crippen MR) is 105 cm³/mol. The van der Waals surface area contributed by atoms with Gasteiger partial charge in [0.2, 0.25) is 0 Å². The van der Waals surface area contributed by atoms with E-state index in [2.05, 4.69) is 13.8 Å². The van der Waals surface area contributed by atoms with E-state index >= 15 is 0 Å². The third-order valence-corrected chi connectivity index (χ3v) is 4.61. The molecule has 0 heterocycles. The largest absolute Gasteiger partial charge is 0.460 e. The monoisotopic (exact) mass is 366 g/mol. The Morgan fingerprint density at radius 3 is 2.42 bits per heavy atom. The van der Waals surface area contributed by atoms with Crippen LogP contribution in [0.1, 0.15) is 92.4 Å². The van der Waals surface area contributed by atoms with Crippen molar-refractivity contribution < 1.29 is 19.1 Å². The lowest BCUT2D eigenvalue weighted by atomic mass is 9.95. The summed E-state index contributed by atoms with van der Waals surface area (Å²) in [7, 11) is 0. The number of hydrogen-bond donors (Lipinski definition) is 0. The van der Waals surface area contributed by atoms with Crippen molar-refractivity contribution in [3.63, 3.8) is 0 Å². The average Bonchev–Trinajstić information content (AvgIpc) is 2.86. The van der Waals surface area contributed by atoms with Gasteiger partial charge in [-0.15, -0.1) is 0 Å². The molecule has 3 atom stereocenters. The van der Waals surface area contributed by atoms with Gasteiger partial charge < -0.3 is 9.47 Å². The lowest BCUT2D eigenvalue weighted by Gasteiger charge is -2.26. The zero-order valence-electron chi connectivity index (χ0n) is 17.4. The Labute approximate surface area is 159 Å². The van der Waals surface area contributed by atoms with Crippen molar-refractivity contribution in [2.45, 2.75) is 110 Å². The van der Waals surface area contributed by atoms with Crippen LogP contribution < -0.4 is 0 Å².